The zero-order valence-corrected chi connectivity index (χ0v) is 23.2. The molecule has 37 heavy (non-hydrogen) atoms. The minimum atomic E-state index is -0.142. The first-order chi connectivity index (χ1) is 17.5. The van der Waals surface area contributed by atoms with E-state index in [0.717, 1.165) is 23.9 Å². The average Bonchev–Trinajstić information content (AvgIpc) is 3.28. The van der Waals surface area contributed by atoms with E-state index in [-0.39, 0.29) is 36.2 Å². The Labute approximate surface area is 226 Å². The van der Waals surface area contributed by atoms with Crippen molar-refractivity contribution in [2.75, 3.05) is 59.7 Å². The number of hydrogen-bond acceptors (Lipinski definition) is 6. The van der Waals surface area contributed by atoms with Crippen LogP contribution in [0.4, 0.5) is 0 Å². The van der Waals surface area contributed by atoms with Gasteiger partial charge in [0.05, 0.1) is 30.2 Å². The summed E-state index contributed by atoms with van der Waals surface area (Å²) in [6, 6.07) is 7.87. The number of carbonyl (C=O) groups excluding carboxylic acids is 2. The number of ether oxygens (including phenoxy) is 2. The largest absolute Gasteiger partial charge is 0.385 e. The van der Waals surface area contributed by atoms with Crippen molar-refractivity contribution in [3.8, 4) is 0 Å². The highest BCUT2D eigenvalue weighted by Gasteiger charge is 2.36. The van der Waals surface area contributed by atoms with Crippen molar-refractivity contribution < 1.29 is 19.1 Å². The Hall–Kier alpha value is -2.20. The predicted molar refractivity (Wildman–Crippen MR) is 146 cm³/mol. The van der Waals surface area contributed by atoms with Crippen LogP contribution in [-0.4, -0.2) is 96.9 Å². The van der Waals surface area contributed by atoms with E-state index in [0.29, 0.717) is 77.3 Å². The van der Waals surface area contributed by atoms with Crippen molar-refractivity contribution in [1.29, 1.82) is 0 Å². The number of morpholine rings is 1. The molecule has 2 unspecified atom stereocenters. The van der Waals surface area contributed by atoms with Gasteiger partial charge < -0.3 is 29.2 Å². The van der Waals surface area contributed by atoms with Crippen LogP contribution in [-0.2, 0) is 20.8 Å². The second-order valence-corrected chi connectivity index (χ2v) is 10.3. The van der Waals surface area contributed by atoms with Gasteiger partial charge in [-0.2, -0.15) is 0 Å². The summed E-state index contributed by atoms with van der Waals surface area (Å²) >= 11 is 0. The monoisotopic (exact) mass is 535 g/mol. The van der Waals surface area contributed by atoms with Gasteiger partial charge in [-0.05, 0) is 37.3 Å². The second-order valence-electron chi connectivity index (χ2n) is 10.3. The number of benzene rings is 1. The third kappa shape index (κ3) is 7.22. The highest BCUT2D eigenvalue weighted by atomic mass is 35.5. The summed E-state index contributed by atoms with van der Waals surface area (Å²) in [5, 5.41) is 3.44. The molecule has 2 amide bonds. The molecule has 1 aromatic heterocycles. The molecule has 0 aliphatic carbocycles. The van der Waals surface area contributed by atoms with Crippen molar-refractivity contribution in [2.45, 2.75) is 45.7 Å². The molecule has 2 aliphatic heterocycles. The van der Waals surface area contributed by atoms with Crippen LogP contribution in [0.2, 0.25) is 0 Å². The summed E-state index contributed by atoms with van der Waals surface area (Å²) in [7, 11) is 1.71. The van der Waals surface area contributed by atoms with Crippen molar-refractivity contribution in [2.24, 2.45) is 11.8 Å². The summed E-state index contributed by atoms with van der Waals surface area (Å²) in [5.41, 5.74) is 1.81. The molecule has 0 radical (unpaired) electrons. The number of imidazole rings is 1. The van der Waals surface area contributed by atoms with E-state index in [9.17, 15) is 9.59 Å². The molecule has 0 bridgehead atoms. The van der Waals surface area contributed by atoms with Gasteiger partial charge in [-0.15, -0.1) is 12.4 Å². The van der Waals surface area contributed by atoms with Crippen LogP contribution in [0, 0.1) is 11.8 Å². The molecule has 4 rings (SSSR count). The lowest BCUT2D eigenvalue weighted by molar-refractivity contribution is -0.140. The fraction of sp³-hybridized carbons (Fsp3) is 0.667. The van der Waals surface area contributed by atoms with Gasteiger partial charge in [0, 0.05) is 59.0 Å². The van der Waals surface area contributed by atoms with Crippen LogP contribution in [0.25, 0.3) is 11.0 Å². The maximum absolute atomic E-state index is 14.1. The summed E-state index contributed by atoms with van der Waals surface area (Å²) < 4.78 is 12.7. The maximum Gasteiger partial charge on any atom is 0.290 e. The van der Waals surface area contributed by atoms with Crippen LogP contribution < -0.4 is 5.32 Å². The number of nitrogens with zero attached hydrogens (tertiary/aromatic N) is 4. The molecule has 0 spiro atoms. The molecule has 9 nitrogen and oxygen atoms in total. The van der Waals surface area contributed by atoms with E-state index in [1.54, 1.807) is 7.11 Å². The zero-order valence-electron chi connectivity index (χ0n) is 22.4. The maximum atomic E-state index is 14.1. The van der Waals surface area contributed by atoms with Gasteiger partial charge >= 0.3 is 0 Å². The Morgan fingerprint density at radius 2 is 1.95 bits per heavy atom. The second kappa shape index (κ2) is 14.1. The Balaban J connectivity index is 0.00000380. The number of unbranched alkanes of at least 4 members (excludes halogenated alkanes) is 1. The number of piperidine rings is 1. The van der Waals surface area contributed by atoms with Gasteiger partial charge in [0.25, 0.3) is 5.91 Å². The number of fused-ring (bicyclic) bond motifs is 1. The quantitative estimate of drug-likeness (QED) is 0.471. The number of halogens is 1. The smallest absolute Gasteiger partial charge is 0.290 e. The van der Waals surface area contributed by atoms with Crippen molar-refractivity contribution in [3.63, 3.8) is 0 Å². The highest BCUT2D eigenvalue weighted by Crippen LogP contribution is 2.24. The number of amides is 2. The van der Waals surface area contributed by atoms with E-state index in [1.807, 2.05) is 34.1 Å². The molecule has 10 heteroatoms. The molecule has 1 aromatic carbocycles. The minimum absolute atomic E-state index is 0. The number of hydrogen-bond donors (Lipinski definition) is 1. The van der Waals surface area contributed by atoms with E-state index in [2.05, 4.69) is 23.7 Å². The summed E-state index contributed by atoms with van der Waals surface area (Å²) in [5.74, 6) is 0.743. The first kappa shape index (κ1) is 29.4. The van der Waals surface area contributed by atoms with Gasteiger partial charge in [-0.25, -0.2) is 4.98 Å². The molecular formula is C27H42ClN5O4. The molecule has 2 aromatic rings. The molecular weight excluding hydrogens is 494 g/mol. The van der Waals surface area contributed by atoms with Crippen LogP contribution in [0.3, 0.4) is 0 Å². The highest BCUT2D eigenvalue weighted by molar-refractivity contribution is 5.95. The first-order valence-electron chi connectivity index (χ1n) is 13.3. The standard InChI is InChI=1S/C27H41N5O4.ClH/c1-20(2)19-32(22-16-21(17-28-18-22)26(33)30-11-14-36-15-12-30)27(34)25-29-23-8-4-5-9-24(23)31(25)10-6-7-13-35-3;/h4-5,8-9,20-22,28H,6-7,10-19H2,1-3H3;1H. The topological polar surface area (TPSA) is 88.9 Å². The van der Waals surface area contributed by atoms with Crippen LogP contribution >= 0.6 is 12.4 Å². The number of carbonyl (C=O) groups is 2. The molecule has 2 saturated heterocycles. The molecule has 2 fully saturated rings. The summed E-state index contributed by atoms with van der Waals surface area (Å²) in [6.07, 6.45) is 2.49. The normalized spacial score (nSPS) is 20.2. The van der Waals surface area contributed by atoms with Gasteiger partial charge in [0.2, 0.25) is 5.91 Å². The number of rotatable bonds is 10. The number of aryl methyl sites for hydroxylation is 1. The van der Waals surface area contributed by atoms with Gasteiger partial charge in [0.1, 0.15) is 0 Å². The third-order valence-electron chi connectivity index (χ3n) is 7.09. The Kier molecular flexibility index (Phi) is 11.2. The molecule has 3 heterocycles. The molecule has 206 valence electrons. The average molecular weight is 536 g/mol. The van der Waals surface area contributed by atoms with E-state index < -0.39 is 0 Å². The van der Waals surface area contributed by atoms with Gasteiger partial charge in [-0.3, -0.25) is 9.59 Å². The SMILES string of the molecule is COCCCCn1c(C(=O)N(CC(C)C)C2CNCC(C(=O)N3CCOCC3)C2)nc2ccccc21.Cl. The molecule has 2 atom stereocenters. The van der Waals surface area contributed by atoms with Crippen molar-refractivity contribution in [3.05, 3.63) is 30.1 Å². The lowest BCUT2D eigenvalue weighted by Gasteiger charge is -2.40. The summed E-state index contributed by atoms with van der Waals surface area (Å²) in [4.78, 5) is 36.0. The number of nitrogens with one attached hydrogen (secondary N) is 1. The van der Waals surface area contributed by atoms with Crippen LogP contribution in [0.1, 0.15) is 43.7 Å². The minimum Gasteiger partial charge on any atom is -0.385 e. The Morgan fingerprint density at radius 1 is 1.19 bits per heavy atom. The number of methoxy groups -OCH3 is 1. The van der Waals surface area contributed by atoms with Crippen molar-refractivity contribution >= 4 is 35.3 Å². The van der Waals surface area contributed by atoms with Crippen LogP contribution in [0.15, 0.2) is 24.3 Å². The fourth-order valence-corrected chi connectivity index (χ4v) is 5.29. The lowest BCUT2D eigenvalue weighted by atomic mass is 9.92. The van der Waals surface area contributed by atoms with E-state index in [1.165, 1.54) is 0 Å². The fourth-order valence-electron chi connectivity index (χ4n) is 5.29. The van der Waals surface area contributed by atoms with E-state index >= 15 is 0 Å². The van der Waals surface area contributed by atoms with E-state index in [4.69, 9.17) is 14.5 Å². The van der Waals surface area contributed by atoms with Crippen molar-refractivity contribution in [1.82, 2.24) is 24.7 Å². The molecule has 2 aliphatic rings. The number of aromatic nitrogens is 2. The summed E-state index contributed by atoms with van der Waals surface area (Å²) in [6.45, 7) is 10.1. The Morgan fingerprint density at radius 3 is 2.68 bits per heavy atom. The Bertz CT molecular complexity index is 1020. The van der Waals surface area contributed by atoms with Gasteiger partial charge in [0.15, 0.2) is 5.82 Å². The van der Waals surface area contributed by atoms with Gasteiger partial charge in [-0.1, -0.05) is 26.0 Å². The molecule has 1 N–H and O–H groups in total. The zero-order chi connectivity index (χ0) is 25.5. The predicted octanol–water partition coefficient (Wildman–Crippen LogP) is 2.82. The molecule has 0 saturated carbocycles. The lowest BCUT2D eigenvalue weighted by Crippen LogP contribution is -2.56. The van der Waals surface area contributed by atoms with Crippen LogP contribution in [0.5, 0.6) is 0 Å². The first-order valence-corrected chi connectivity index (χ1v) is 13.3. The number of para-hydroxylation sites is 2. The third-order valence-corrected chi connectivity index (χ3v) is 7.09.